The Kier molecular flexibility index (Phi) is 6.74. The Morgan fingerprint density at radius 2 is 1.57 bits per heavy atom. The van der Waals surface area contributed by atoms with E-state index in [1.807, 2.05) is 47.6 Å². The molecule has 0 atom stereocenters. The number of amides is 1. The molecule has 3 heterocycles. The number of pyridine rings is 1. The van der Waals surface area contributed by atoms with Crippen LogP contribution in [0.3, 0.4) is 0 Å². The van der Waals surface area contributed by atoms with Gasteiger partial charge in [0.1, 0.15) is 0 Å². The van der Waals surface area contributed by atoms with Crippen molar-refractivity contribution >= 4 is 11.6 Å². The maximum Gasteiger partial charge on any atom is 0.225 e. The molecule has 1 aromatic carbocycles. The zero-order valence-corrected chi connectivity index (χ0v) is 17.4. The number of aromatic nitrogens is 1. The van der Waals surface area contributed by atoms with E-state index in [1.165, 1.54) is 5.56 Å². The van der Waals surface area contributed by atoms with Gasteiger partial charge in [0.2, 0.25) is 5.91 Å². The summed E-state index contributed by atoms with van der Waals surface area (Å²) >= 11 is 0. The Morgan fingerprint density at radius 3 is 2.20 bits per heavy atom. The van der Waals surface area contributed by atoms with E-state index < -0.39 is 0 Å². The summed E-state index contributed by atoms with van der Waals surface area (Å²) in [5, 5.41) is 13.1. The molecule has 1 amide bonds. The number of benzene rings is 1. The van der Waals surface area contributed by atoms with Gasteiger partial charge in [-0.1, -0.05) is 35.5 Å². The summed E-state index contributed by atoms with van der Waals surface area (Å²) in [6, 6.07) is 13.9. The van der Waals surface area contributed by atoms with E-state index >= 15 is 0 Å². The van der Waals surface area contributed by atoms with Crippen LogP contribution >= 0.6 is 0 Å². The summed E-state index contributed by atoms with van der Waals surface area (Å²) in [5.41, 5.74) is 2.98. The second-order valence-electron chi connectivity index (χ2n) is 8.36. The lowest BCUT2D eigenvalue weighted by molar-refractivity contribution is -0.138. The lowest BCUT2D eigenvalue weighted by Crippen LogP contribution is -2.46. The fraction of sp³-hybridized carbons (Fsp3) is 0.458. The zero-order valence-electron chi connectivity index (χ0n) is 17.4. The minimum absolute atomic E-state index is 0.135. The van der Waals surface area contributed by atoms with E-state index in [4.69, 9.17) is 0 Å². The molecule has 0 saturated carbocycles. The van der Waals surface area contributed by atoms with Crippen molar-refractivity contribution in [3.63, 3.8) is 0 Å². The molecular weight excluding hydrogens is 376 g/mol. The SMILES string of the molecule is O=C(C1CCN(Cc2ccncc2)CC1)N1CCC(/C(=N\O)c2ccccc2)CC1. The summed E-state index contributed by atoms with van der Waals surface area (Å²) in [6.45, 7) is 4.34. The maximum absolute atomic E-state index is 13.1. The summed E-state index contributed by atoms with van der Waals surface area (Å²) in [6.07, 6.45) is 7.22. The number of oxime groups is 1. The van der Waals surface area contributed by atoms with Gasteiger partial charge >= 0.3 is 0 Å². The van der Waals surface area contributed by atoms with E-state index in [0.717, 1.165) is 69.7 Å². The summed E-state index contributed by atoms with van der Waals surface area (Å²) in [5.74, 6) is 0.637. The minimum atomic E-state index is 0.135. The number of likely N-dealkylation sites (tertiary alicyclic amines) is 2. The third-order valence-corrected chi connectivity index (χ3v) is 6.46. The van der Waals surface area contributed by atoms with Crippen LogP contribution in [0.4, 0.5) is 0 Å². The molecule has 0 bridgehead atoms. The van der Waals surface area contributed by atoms with Crippen LogP contribution in [0.25, 0.3) is 0 Å². The predicted molar refractivity (Wildman–Crippen MR) is 116 cm³/mol. The first-order valence-electron chi connectivity index (χ1n) is 10.9. The number of carbonyl (C=O) groups excluding carboxylic acids is 1. The first-order valence-corrected chi connectivity index (χ1v) is 10.9. The molecule has 1 N–H and O–H groups in total. The highest BCUT2D eigenvalue weighted by atomic mass is 16.4. The Bertz CT molecular complexity index is 840. The Balaban J connectivity index is 1.26. The van der Waals surface area contributed by atoms with Crippen molar-refractivity contribution in [2.75, 3.05) is 26.2 Å². The predicted octanol–water partition coefficient (Wildman–Crippen LogP) is 3.41. The molecule has 6 nitrogen and oxygen atoms in total. The lowest BCUT2D eigenvalue weighted by atomic mass is 9.87. The molecule has 1 aromatic heterocycles. The quantitative estimate of drug-likeness (QED) is 0.469. The molecule has 6 heteroatoms. The van der Waals surface area contributed by atoms with Crippen molar-refractivity contribution < 1.29 is 10.0 Å². The molecule has 2 aliphatic rings. The van der Waals surface area contributed by atoms with Gasteiger partial charge in [-0.2, -0.15) is 0 Å². The molecule has 0 spiro atoms. The highest BCUT2D eigenvalue weighted by Crippen LogP contribution is 2.26. The third kappa shape index (κ3) is 4.87. The van der Waals surface area contributed by atoms with Gasteiger partial charge < -0.3 is 10.1 Å². The molecule has 0 radical (unpaired) electrons. The Morgan fingerprint density at radius 1 is 0.933 bits per heavy atom. The van der Waals surface area contributed by atoms with Crippen LogP contribution < -0.4 is 0 Å². The normalized spacial score (nSPS) is 19.7. The van der Waals surface area contributed by atoms with E-state index in [9.17, 15) is 10.0 Å². The van der Waals surface area contributed by atoms with E-state index in [-0.39, 0.29) is 11.8 Å². The van der Waals surface area contributed by atoms with Crippen LogP contribution in [-0.4, -0.2) is 57.8 Å². The molecule has 158 valence electrons. The van der Waals surface area contributed by atoms with Gasteiger partial charge in [-0.25, -0.2) is 0 Å². The fourth-order valence-electron chi connectivity index (χ4n) is 4.70. The number of nitrogens with zero attached hydrogens (tertiary/aromatic N) is 4. The lowest BCUT2D eigenvalue weighted by Gasteiger charge is -2.37. The third-order valence-electron chi connectivity index (χ3n) is 6.46. The first-order chi connectivity index (χ1) is 14.7. The van der Waals surface area contributed by atoms with Gasteiger partial charge in [-0.05, 0) is 62.0 Å². The molecule has 2 aromatic rings. The van der Waals surface area contributed by atoms with Crippen LogP contribution in [0.1, 0.15) is 36.8 Å². The molecule has 4 rings (SSSR count). The average molecular weight is 407 g/mol. The number of piperidine rings is 2. The molecule has 0 aliphatic carbocycles. The molecule has 2 saturated heterocycles. The number of hydrogen-bond donors (Lipinski definition) is 1. The van der Waals surface area contributed by atoms with Crippen LogP contribution in [0.2, 0.25) is 0 Å². The van der Waals surface area contributed by atoms with Gasteiger partial charge in [0, 0.05) is 43.9 Å². The van der Waals surface area contributed by atoms with Gasteiger partial charge in [-0.15, -0.1) is 0 Å². The van der Waals surface area contributed by atoms with Crippen LogP contribution in [0.15, 0.2) is 60.0 Å². The first kappa shape index (κ1) is 20.5. The molecule has 2 aliphatic heterocycles. The number of rotatable bonds is 5. The van der Waals surface area contributed by atoms with Crippen molar-refractivity contribution in [2.24, 2.45) is 17.0 Å². The average Bonchev–Trinajstić information content (AvgIpc) is 2.81. The summed E-state index contributed by atoms with van der Waals surface area (Å²) < 4.78 is 0. The molecule has 0 unspecified atom stereocenters. The van der Waals surface area contributed by atoms with Crippen LogP contribution in [0.5, 0.6) is 0 Å². The van der Waals surface area contributed by atoms with Gasteiger partial charge in [-0.3, -0.25) is 14.7 Å². The van der Waals surface area contributed by atoms with Crippen LogP contribution in [-0.2, 0) is 11.3 Å². The van der Waals surface area contributed by atoms with Gasteiger partial charge in [0.25, 0.3) is 0 Å². The Labute approximate surface area is 178 Å². The highest BCUT2D eigenvalue weighted by Gasteiger charge is 2.32. The highest BCUT2D eigenvalue weighted by molar-refractivity contribution is 6.02. The van der Waals surface area contributed by atoms with Crippen molar-refractivity contribution in [2.45, 2.75) is 32.2 Å². The Hall–Kier alpha value is -2.73. The zero-order chi connectivity index (χ0) is 20.8. The van der Waals surface area contributed by atoms with Crippen molar-refractivity contribution in [3.05, 3.63) is 66.0 Å². The monoisotopic (exact) mass is 406 g/mol. The smallest absolute Gasteiger partial charge is 0.225 e. The second kappa shape index (κ2) is 9.85. The van der Waals surface area contributed by atoms with Gasteiger partial charge in [0.15, 0.2) is 0 Å². The molecular formula is C24H30N4O2. The van der Waals surface area contributed by atoms with Gasteiger partial charge in [0.05, 0.1) is 5.71 Å². The van der Waals surface area contributed by atoms with E-state index in [2.05, 4.69) is 27.2 Å². The molecule has 30 heavy (non-hydrogen) atoms. The largest absolute Gasteiger partial charge is 0.411 e. The van der Waals surface area contributed by atoms with E-state index in [1.54, 1.807) is 0 Å². The number of hydrogen-bond acceptors (Lipinski definition) is 5. The topological polar surface area (TPSA) is 69.0 Å². The number of carbonyl (C=O) groups is 1. The van der Waals surface area contributed by atoms with E-state index in [0.29, 0.717) is 5.91 Å². The summed E-state index contributed by atoms with van der Waals surface area (Å²) in [4.78, 5) is 21.6. The van der Waals surface area contributed by atoms with Crippen LogP contribution in [0, 0.1) is 11.8 Å². The van der Waals surface area contributed by atoms with Crippen molar-refractivity contribution in [1.29, 1.82) is 0 Å². The second-order valence-corrected chi connectivity index (χ2v) is 8.36. The standard InChI is InChI=1S/C24H30N4O2/c29-24(22-8-14-27(15-9-22)18-19-6-12-25-13-7-19)28-16-10-21(11-17-28)23(26-30)20-4-2-1-3-5-20/h1-7,12-13,21-22,30H,8-11,14-18H2/b26-23-. The maximum atomic E-state index is 13.1. The fourth-order valence-corrected chi connectivity index (χ4v) is 4.70. The van der Waals surface area contributed by atoms with Crippen molar-refractivity contribution in [3.8, 4) is 0 Å². The minimum Gasteiger partial charge on any atom is -0.411 e. The molecule has 2 fully saturated rings. The van der Waals surface area contributed by atoms with Crippen molar-refractivity contribution in [1.82, 2.24) is 14.8 Å². The summed E-state index contributed by atoms with van der Waals surface area (Å²) in [7, 11) is 0.